The van der Waals surface area contributed by atoms with Crippen LogP contribution >= 0.6 is 22.9 Å². The fraction of sp³-hybridized carbons (Fsp3) is 0.167. The molecule has 0 radical (unpaired) electrons. The van der Waals surface area contributed by atoms with E-state index in [4.69, 9.17) is 11.6 Å². The van der Waals surface area contributed by atoms with Gasteiger partial charge in [-0.1, -0.05) is 41.9 Å². The van der Waals surface area contributed by atoms with Gasteiger partial charge in [0, 0.05) is 28.8 Å². The van der Waals surface area contributed by atoms with Crippen LogP contribution in [0.5, 0.6) is 0 Å². The first-order valence-electron chi connectivity index (χ1n) is 12.7. The molecule has 2 amide bonds. The molecule has 5 rings (SSSR count). The monoisotopic (exact) mass is 607 g/mol. The Bertz CT molecular complexity index is 1670. The maximum atomic E-state index is 14.3. The highest BCUT2D eigenvalue weighted by atomic mass is 35.5. The highest BCUT2D eigenvalue weighted by molar-refractivity contribution is 7.12. The lowest BCUT2D eigenvalue weighted by atomic mass is 9.72. The van der Waals surface area contributed by atoms with E-state index in [0.29, 0.717) is 15.5 Å². The molecule has 1 aliphatic rings. The number of thiophene rings is 1. The van der Waals surface area contributed by atoms with Crippen molar-refractivity contribution in [2.45, 2.75) is 24.4 Å². The van der Waals surface area contributed by atoms with Gasteiger partial charge in [-0.2, -0.15) is 0 Å². The summed E-state index contributed by atoms with van der Waals surface area (Å²) in [4.78, 5) is 54.2. The third kappa shape index (κ3) is 5.12. The number of hydrogen-bond acceptors (Lipinski definition) is 6. The molecule has 1 fully saturated rings. The fourth-order valence-electron chi connectivity index (χ4n) is 5.68. The van der Waals surface area contributed by atoms with E-state index in [-0.39, 0.29) is 16.9 Å². The standard InChI is InChI=1S/C30H23ClFN3O6S/c1-30(28(37)38)25(17-7-9-19(31)10-8-17)24(27(36)23-6-3-15-42-23)26(18-4-2-5-22(16-18)35(40)41)34(30)29(39)33-21-13-11-20(32)12-14-21/h2-16,24-26H,1H3,(H,33,39)(H,37,38). The molecule has 1 aliphatic heterocycles. The second-order valence-corrected chi connectivity index (χ2v) is 11.3. The molecule has 214 valence electrons. The summed E-state index contributed by atoms with van der Waals surface area (Å²) in [7, 11) is 0. The number of carboxylic acid groups (broad SMARTS) is 1. The number of halogens is 2. The number of rotatable bonds is 7. The lowest BCUT2D eigenvalue weighted by Crippen LogP contribution is -2.55. The molecular weight excluding hydrogens is 585 g/mol. The van der Waals surface area contributed by atoms with Crippen LogP contribution in [0.1, 0.15) is 39.7 Å². The number of aliphatic carboxylic acids is 1. The Morgan fingerprint density at radius 1 is 1.02 bits per heavy atom. The Morgan fingerprint density at radius 3 is 2.31 bits per heavy atom. The summed E-state index contributed by atoms with van der Waals surface area (Å²) in [6.07, 6.45) is 0. The Morgan fingerprint density at radius 2 is 1.71 bits per heavy atom. The van der Waals surface area contributed by atoms with Gasteiger partial charge in [0.05, 0.1) is 21.8 Å². The fourth-order valence-corrected chi connectivity index (χ4v) is 6.52. The molecule has 2 heterocycles. The van der Waals surface area contributed by atoms with Crippen LogP contribution in [0.25, 0.3) is 0 Å². The van der Waals surface area contributed by atoms with Gasteiger partial charge in [0.1, 0.15) is 11.4 Å². The van der Waals surface area contributed by atoms with Crippen LogP contribution < -0.4 is 5.32 Å². The van der Waals surface area contributed by atoms with Gasteiger partial charge < -0.3 is 10.4 Å². The van der Waals surface area contributed by atoms with Gasteiger partial charge in [-0.15, -0.1) is 11.3 Å². The number of anilines is 1. The second-order valence-electron chi connectivity index (χ2n) is 9.95. The smallest absolute Gasteiger partial charge is 0.330 e. The van der Waals surface area contributed by atoms with Gasteiger partial charge in [0.15, 0.2) is 5.78 Å². The van der Waals surface area contributed by atoms with Crippen molar-refractivity contribution in [3.05, 3.63) is 127 Å². The van der Waals surface area contributed by atoms with Crippen LogP contribution in [0.15, 0.2) is 90.3 Å². The second kappa shape index (κ2) is 11.3. The number of carboxylic acids is 1. The van der Waals surface area contributed by atoms with E-state index < -0.39 is 51.9 Å². The van der Waals surface area contributed by atoms with Crippen molar-refractivity contribution < 1.29 is 28.8 Å². The lowest BCUT2D eigenvalue weighted by molar-refractivity contribution is -0.385. The zero-order valence-electron chi connectivity index (χ0n) is 21.9. The molecule has 12 heteroatoms. The van der Waals surface area contributed by atoms with Crippen molar-refractivity contribution >= 4 is 52.1 Å². The first kappa shape index (κ1) is 28.9. The van der Waals surface area contributed by atoms with Gasteiger partial charge in [-0.05, 0) is 65.9 Å². The molecule has 4 atom stereocenters. The molecule has 42 heavy (non-hydrogen) atoms. The SMILES string of the molecule is CC1(C(=O)O)C(c2ccc(Cl)cc2)C(C(=O)c2cccs2)C(c2cccc([N+](=O)[O-])c2)N1C(=O)Nc1ccc(F)cc1. The van der Waals surface area contributed by atoms with Crippen molar-refractivity contribution in [3.63, 3.8) is 0 Å². The van der Waals surface area contributed by atoms with E-state index >= 15 is 0 Å². The van der Waals surface area contributed by atoms with Crippen LogP contribution in [0.2, 0.25) is 5.02 Å². The van der Waals surface area contributed by atoms with Crippen molar-refractivity contribution in [3.8, 4) is 0 Å². The normalized spacial score (nSPS) is 21.6. The molecule has 0 aliphatic carbocycles. The third-order valence-corrected chi connectivity index (χ3v) is 8.69. The molecule has 9 nitrogen and oxygen atoms in total. The van der Waals surface area contributed by atoms with Gasteiger partial charge in [0.25, 0.3) is 5.69 Å². The molecule has 0 spiro atoms. The number of ketones is 1. The molecule has 0 bridgehead atoms. The zero-order chi connectivity index (χ0) is 30.2. The number of non-ortho nitro benzene ring substituents is 1. The largest absolute Gasteiger partial charge is 0.479 e. The number of likely N-dealkylation sites (tertiary alicyclic amines) is 1. The Kier molecular flexibility index (Phi) is 7.81. The van der Waals surface area contributed by atoms with Crippen molar-refractivity contribution in [2.75, 3.05) is 5.32 Å². The maximum Gasteiger partial charge on any atom is 0.330 e. The van der Waals surface area contributed by atoms with Gasteiger partial charge in [-0.25, -0.2) is 14.0 Å². The van der Waals surface area contributed by atoms with E-state index in [0.717, 1.165) is 28.4 Å². The predicted octanol–water partition coefficient (Wildman–Crippen LogP) is 7.16. The number of Topliss-reactive ketones (excluding diaryl/α,β-unsaturated/α-hetero) is 1. The van der Waals surface area contributed by atoms with Crippen LogP contribution in [0.3, 0.4) is 0 Å². The van der Waals surface area contributed by atoms with Gasteiger partial charge in [-0.3, -0.25) is 19.8 Å². The molecule has 4 aromatic rings. The Labute approximate surface area is 248 Å². The van der Waals surface area contributed by atoms with E-state index in [1.165, 1.54) is 43.3 Å². The number of urea groups is 1. The average molecular weight is 608 g/mol. The van der Waals surface area contributed by atoms with Crippen LogP contribution in [-0.2, 0) is 4.79 Å². The first-order valence-corrected chi connectivity index (χ1v) is 13.9. The Balaban J connectivity index is 1.78. The van der Waals surface area contributed by atoms with Crippen molar-refractivity contribution in [1.82, 2.24) is 4.90 Å². The summed E-state index contributed by atoms with van der Waals surface area (Å²) in [5.74, 6) is -4.64. The summed E-state index contributed by atoms with van der Waals surface area (Å²) < 4.78 is 13.6. The van der Waals surface area contributed by atoms with E-state index in [2.05, 4.69) is 5.32 Å². The number of amides is 2. The number of benzene rings is 3. The highest BCUT2D eigenvalue weighted by Crippen LogP contribution is 2.57. The number of carbonyl (C=O) groups is 3. The summed E-state index contributed by atoms with van der Waals surface area (Å²) >= 11 is 7.30. The minimum absolute atomic E-state index is 0.183. The molecule has 0 saturated carbocycles. The summed E-state index contributed by atoms with van der Waals surface area (Å²) in [5.41, 5.74) is -1.50. The quantitative estimate of drug-likeness (QED) is 0.130. The van der Waals surface area contributed by atoms with Gasteiger partial charge in [0.2, 0.25) is 0 Å². The van der Waals surface area contributed by atoms with Crippen LogP contribution in [0.4, 0.5) is 20.6 Å². The highest BCUT2D eigenvalue weighted by Gasteiger charge is 2.65. The summed E-state index contributed by atoms with van der Waals surface area (Å²) in [6, 6.07) is 17.8. The minimum Gasteiger partial charge on any atom is -0.479 e. The topological polar surface area (TPSA) is 130 Å². The number of carbonyl (C=O) groups excluding carboxylic acids is 2. The predicted molar refractivity (Wildman–Crippen MR) is 155 cm³/mol. The molecule has 4 unspecified atom stereocenters. The maximum absolute atomic E-state index is 14.3. The number of nitrogens with one attached hydrogen (secondary N) is 1. The number of hydrogen-bond donors (Lipinski definition) is 2. The van der Waals surface area contributed by atoms with Crippen LogP contribution in [0, 0.1) is 21.8 Å². The van der Waals surface area contributed by atoms with Gasteiger partial charge >= 0.3 is 12.0 Å². The Hall–Kier alpha value is -4.61. The minimum atomic E-state index is -2.04. The lowest BCUT2D eigenvalue weighted by Gasteiger charge is -2.37. The zero-order valence-corrected chi connectivity index (χ0v) is 23.5. The summed E-state index contributed by atoms with van der Waals surface area (Å²) in [5, 5.41) is 27.2. The average Bonchev–Trinajstić information content (AvgIpc) is 3.60. The molecule has 2 N–H and O–H groups in total. The van der Waals surface area contributed by atoms with E-state index in [1.54, 1.807) is 41.8 Å². The third-order valence-electron chi connectivity index (χ3n) is 7.55. The molecule has 1 saturated heterocycles. The van der Waals surface area contributed by atoms with Crippen molar-refractivity contribution in [1.29, 1.82) is 0 Å². The summed E-state index contributed by atoms with van der Waals surface area (Å²) in [6.45, 7) is 1.35. The molecule has 1 aromatic heterocycles. The number of nitro benzene ring substituents is 1. The van der Waals surface area contributed by atoms with E-state index in [1.807, 2.05) is 0 Å². The molecular formula is C30H23ClFN3O6S. The number of nitro groups is 1. The van der Waals surface area contributed by atoms with Crippen molar-refractivity contribution in [2.24, 2.45) is 5.92 Å². The molecule has 3 aromatic carbocycles. The van der Waals surface area contributed by atoms with E-state index in [9.17, 15) is 34.0 Å². The number of nitrogens with zero attached hydrogens (tertiary/aromatic N) is 2. The van der Waals surface area contributed by atoms with Crippen LogP contribution in [-0.4, -0.2) is 38.3 Å². The first-order chi connectivity index (χ1) is 20.0.